The fourth-order valence-corrected chi connectivity index (χ4v) is 13.5. The summed E-state index contributed by atoms with van der Waals surface area (Å²) in [5.74, 6) is 1.18. The molecule has 8 nitrogen and oxygen atoms in total. The summed E-state index contributed by atoms with van der Waals surface area (Å²) >= 11 is 0. The molecule has 0 unspecified atom stereocenters. The quantitative estimate of drug-likeness (QED) is 0.367. The van der Waals surface area contributed by atoms with Gasteiger partial charge in [0, 0.05) is 22.8 Å². The van der Waals surface area contributed by atoms with Gasteiger partial charge in [-0.3, -0.25) is 4.55 Å². The summed E-state index contributed by atoms with van der Waals surface area (Å²) in [6.07, 6.45) is 1.72. The molecular formula is C23H22O8S4. The van der Waals surface area contributed by atoms with Crippen LogP contribution >= 0.6 is 10.3 Å². The van der Waals surface area contributed by atoms with Crippen molar-refractivity contribution in [3.05, 3.63) is 77.9 Å². The van der Waals surface area contributed by atoms with Crippen LogP contribution in [0.3, 0.4) is 0 Å². The van der Waals surface area contributed by atoms with E-state index in [1.54, 1.807) is 0 Å². The van der Waals surface area contributed by atoms with Gasteiger partial charge in [0.2, 0.25) is 9.84 Å². The van der Waals surface area contributed by atoms with E-state index in [0.29, 0.717) is 17.1 Å². The molecule has 0 saturated carbocycles. The Hall–Kier alpha value is -2.22. The fourth-order valence-electron chi connectivity index (χ4n) is 4.61. The predicted molar refractivity (Wildman–Crippen MR) is 130 cm³/mol. The minimum Gasteiger partial charge on any atom is -0.282 e. The van der Waals surface area contributed by atoms with Crippen LogP contribution in [0, 0.1) is 0 Å². The van der Waals surface area contributed by atoms with Crippen LogP contribution in [0.25, 0.3) is 0 Å². The predicted octanol–water partition coefficient (Wildman–Crippen LogP) is 3.95. The lowest BCUT2D eigenvalue weighted by Gasteiger charge is -2.34. The number of rotatable bonds is 5. The van der Waals surface area contributed by atoms with Crippen LogP contribution in [0.1, 0.15) is 24.0 Å². The maximum absolute atomic E-state index is 13.5. The molecule has 0 spiro atoms. The number of fused-ring (bicyclic) bond motifs is 2. The van der Waals surface area contributed by atoms with Gasteiger partial charge in [-0.15, -0.1) is 0 Å². The van der Waals surface area contributed by atoms with E-state index >= 15 is 0 Å². The maximum Gasteiger partial charge on any atom is 0.306 e. The van der Waals surface area contributed by atoms with E-state index in [0.717, 1.165) is 29.9 Å². The summed E-state index contributed by atoms with van der Waals surface area (Å²) in [6.45, 7) is 0. The van der Waals surface area contributed by atoms with Crippen molar-refractivity contribution >= 4 is 40.4 Å². The normalized spacial score (nSPS) is 19.5. The molecule has 2 heterocycles. The third-order valence-electron chi connectivity index (χ3n) is 6.20. The first-order chi connectivity index (χ1) is 16.4. The average Bonchev–Trinajstić information content (AvgIpc) is 3.27. The Labute approximate surface area is 206 Å². The zero-order chi connectivity index (χ0) is 25.1. The first-order valence-electron chi connectivity index (χ1n) is 10.7. The minimum absolute atomic E-state index is 0.0631. The molecule has 3 aromatic rings. The molecule has 0 atom stereocenters. The van der Waals surface area contributed by atoms with Gasteiger partial charge in [-0.05, 0) is 54.3 Å². The average molecular weight is 555 g/mol. The van der Waals surface area contributed by atoms with Gasteiger partial charge in [-0.25, -0.2) is 12.0 Å². The second-order valence-corrected chi connectivity index (χ2v) is 16.5. The van der Waals surface area contributed by atoms with Gasteiger partial charge in [-0.2, -0.15) is 16.8 Å². The third-order valence-corrected chi connectivity index (χ3v) is 14.8. The molecule has 12 heteroatoms. The monoisotopic (exact) mass is 554 g/mol. The topological polar surface area (TPSA) is 132 Å². The molecule has 0 amide bonds. The molecule has 0 radical (unpaired) electrons. The minimum atomic E-state index is -4.83. The van der Waals surface area contributed by atoms with Crippen molar-refractivity contribution in [2.45, 2.75) is 43.7 Å². The van der Waals surface area contributed by atoms with Gasteiger partial charge < -0.3 is 0 Å². The highest BCUT2D eigenvalue weighted by atomic mass is 32.3. The Morgan fingerprint density at radius 1 is 0.800 bits per heavy atom. The first kappa shape index (κ1) is 24.5. The van der Waals surface area contributed by atoms with Crippen molar-refractivity contribution in [1.82, 2.24) is 0 Å². The molecule has 0 aliphatic carbocycles. The van der Waals surface area contributed by atoms with E-state index in [4.69, 9.17) is 3.63 Å². The lowest BCUT2D eigenvalue weighted by Crippen LogP contribution is -2.20. The zero-order valence-corrected chi connectivity index (χ0v) is 21.6. The molecule has 5 rings (SSSR count). The summed E-state index contributed by atoms with van der Waals surface area (Å²) in [5.41, 5.74) is 0.535. The van der Waals surface area contributed by atoms with Crippen molar-refractivity contribution in [2.75, 3.05) is 11.5 Å². The molecule has 1 fully saturated rings. The molecule has 35 heavy (non-hydrogen) atoms. The molecule has 0 bridgehead atoms. The van der Waals surface area contributed by atoms with Crippen LogP contribution in [0.5, 0.6) is 0 Å². The second-order valence-electron chi connectivity index (χ2n) is 8.43. The van der Waals surface area contributed by atoms with Crippen LogP contribution in [0.15, 0.2) is 91.2 Å². The van der Waals surface area contributed by atoms with Crippen molar-refractivity contribution in [3.8, 4) is 0 Å². The molecular weight excluding hydrogens is 533 g/mol. The number of sulfone groups is 1. The molecule has 2 aliphatic rings. The van der Waals surface area contributed by atoms with Crippen molar-refractivity contribution in [3.63, 3.8) is 0 Å². The Kier molecular flexibility index (Phi) is 5.89. The zero-order valence-electron chi connectivity index (χ0n) is 18.3. The van der Waals surface area contributed by atoms with E-state index in [9.17, 15) is 29.8 Å². The molecule has 1 N–H and O–H groups in total. The Balaban J connectivity index is 1.60. The van der Waals surface area contributed by atoms with Crippen molar-refractivity contribution in [2.24, 2.45) is 0 Å². The Bertz CT molecular complexity index is 1640. The second kappa shape index (κ2) is 8.43. The summed E-state index contributed by atoms with van der Waals surface area (Å²) in [6, 6.07) is 16.8. The largest absolute Gasteiger partial charge is 0.306 e. The number of benzene rings is 3. The van der Waals surface area contributed by atoms with Gasteiger partial charge >= 0.3 is 10.1 Å². The van der Waals surface area contributed by atoms with Crippen molar-refractivity contribution < 1.29 is 33.4 Å². The molecule has 2 aliphatic heterocycles. The highest BCUT2D eigenvalue weighted by Gasteiger charge is 2.39. The first-order valence-corrected chi connectivity index (χ1v) is 16.9. The SMILES string of the molecule is O=S(=O)(O)c1cccc2c1S(=O)(=O)c1cc(S(=O)(=O)OS3(c4ccccc4)CCCC3)ccc1C2. The number of hydrogen-bond acceptors (Lipinski definition) is 7. The van der Waals surface area contributed by atoms with Crippen LogP contribution in [0.2, 0.25) is 0 Å². The van der Waals surface area contributed by atoms with Crippen LogP contribution in [0.4, 0.5) is 0 Å². The van der Waals surface area contributed by atoms with Gasteiger partial charge in [0.05, 0.1) is 14.7 Å². The molecule has 186 valence electrons. The standard InChI is InChI=1S/C23H22O8S4/c24-33(25)22-16-20(12-11-17(22)15-18-7-6-10-21(23(18)33)34(26,27)28)35(29,30)31-32(13-4-5-14-32)19-8-2-1-3-9-19/h1-3,6-12,16H,4-5,13-15H2,(H,26,27,28). The van der Waals surface area contributed by atoms with E-state index in [-0.39, 0.29) is 21.8 Å². The van der Waals surface area contributed by atoms with Gasteiger partial charge in [0.15, 0.2) is 0 Å². The van der Waals surface area contributed by atoms with Gasteiger partial charge in [0.1, 0.15) is 4.90 Å². The van der Waals surface area contributed by atoms with E-state index in [2.05, 4.69) is 0 Å². The summed E-state index contributed by atoms with van der Waals surface area (Å²) in [7, 11) is -15.7. The van der Waals surface area contributed by atoms with E-state index < -0.39 is 50.2 Å². The Morgan fingerprint density at radius 2 is 1.49 bits per heavy atom. The highest BCUT2D eigenvalue weighted by Crippen LogP contribution is 2.62. The van der Waals surface area contributed by atoms with E-state index in [1.807, 2.05) is 30.3 Å². The fraction of sp³-hybridized carbons (Fsp3) is 0.217. The Morgan fingerprint density at radius 3 is 2.14 bits per heavy atom. The van der Waals surface area contributed by atoms with Crippen LogP contribution in [-0.2, 0) is 40.1 Å². The maximum atomic E-state index is 13.5. The van der Waals surface area contributed by atoms with Gasteiger partial charge in [-0.1, -0.05) is 46.7 Å². The lowest BCUT2D eigenvalue weighted by atomic mass is 10.0. The summed E-state index contributed by atoms with van der Waals surface area (Å²) < 4.78 is 93.0. The number of hydrogen-bond donors (Lipinski definition) is 1. The lowest BCUT2D eigenvalue weighted by molar-refractivity contribution is 0.479. The summed E-state index contributed by atoms with van der Waals surface area (Å²) in [4.78, 5) is -1.09. The van der Waals surface area contributed by atoms with E-state index in [1.165, 1.54) is 24.3 Å². The van der Waals surface area contributed by atoms with Gasteiger partial charge in [0.25, 0.3) is 10.1 Å². The molecule has 3 aromatic carbocycles. The molecule has 1 saturated heterocycles. The molecule has 0 aromatic heterocycles. The summed E-state index contributed by atoms with van der Waals surface area (Å²) in [5, 5.41) is 0. The van der Waals surface area contributed by atoms with Crippen LogP contribution < -0.4 is 0 Å². The third kappa shape index (κ3) is 4.21. The highest BCUT2D eigenvalue weighted by molar-refractivity contribution is 8.33. The van der Waals surface area contributed by atoms with Crippen LogP contribution in [-0.4, -0.2) is 41.3 Å². The van der Waals surface area contributed by atoms with Crippen molar-refractivity contribution in [1.29, 1.82) is 0 Å². The smallest absolute Gasteiger partial charge is 0.282 e.